The molecule has 3 rings (SSSR count). The van der Waals surface area contributed by atoms with Crippen LogP contribution >= 0.6 is 11.8 Å². The maximum Gasteiger partial charge on any atom is 0.230 e. The summed E-state index contributed by atoms with van der Waals surface area (Å²) in [6, 6.07) is 17.9. The summed E-state index contributed by atoms with van der Waals surface area (Å²) < 4.78 is 7.23. The Morgan fingerprint density at radius 1 is 1.17 bits per heavy atom. The van der Waals surface area contributed by atoms with Gasteiger partial charge in [-0.1, -0.05) is 54.2 Å². The molecule has 1 N–H and O–H groups in total. The van der Waals surface area contributed by atoms with Crippen molar-refractivity contribution >= 4 is 17.7 Å². The summed E-state index contributed by atoms with van der Waals surface area (Å²) in [5, 5.41) is 11.8. The molecule has 1 aromatic heterocycles. The van der Waals surface area contributed by atoms with Crippen LogP contribution in [0.25, 0.3) is 5.69 Å². The van der Waals surface area contributed by atoms with Gasteiger partial charge in [-0.25, -0.2) is 0 Å². The van der Waals surface area contributed by atoms with E-state index in [2.05, 4.69) is 32.5 Å². The second-order valence-corrected chi connectivity index (χ2v) is 7.58. The van der Waals surface area contributed by atoms with Crippen molar-refractivity contribution in [2.45, 2.75) is 11.2 Å². The fraction of sp³-hybridized carbons (Fsp3) is 0.286. The zero-order valence-electron chi connectivity index (χ0n) is 16.8. The summed E-state index contributed by atoms with van der Waals surface area (Å²) in [5.74, 6) is 0.922. The molecule has 0 bridgehead atoms. The second kappa shape index (κ2) is 10.1. The summed E-state index contributed by atoms with van der Waals surface area (Å²) in [6.45, 7) is 0.537. The largest absolute Gasteiger partial charge is 0.495 e. The first-order chi connectivity index (χ1) is 14.1. The number of thioether (sulfide) groups is 1. The van der Waals surface area contributed by atoms with E-state index < -0.39 is 0 Å². The summed E-state index contributed by atoms with van der Waals surface area (Å²) >= 11 is 1.34. The van der Waals surface area contributed by atoms with E-state index in [0.717, 1.165) is 11.4 Å². The molecule has 0 aliphatic heterocycles. The van der Waals surface area contributed by atoms with Gasteiger partial charge in [-0.3, -0.25) is 9.36 Å². The molecule has 0 saturated carbocycles. The Balaban J connectivity index is 1.60. The van der Waals surface area contributed by atoms with Crippen molar-refractivity contribution in [1.29, 1.82) is 0 Å². The molecule has 7 nitrogen and oxygen atoms in total. The van der Waals surface area contributed by atoms with Crippen molar-refractivity contribution < 1.29 is 9.53 Å². The van der Waals surface area contributed by atoms with Gasteiger partial charge in [0.2, 0.25) is 5.91 Å². The number of likely N-dealkylation sites (N-methyl/N-ethyl adjacent to an activating group) is 1. The van der Waals surface area contributed by atoms with Crippen molar-refractivity contribution in [2.24, 2.45) is 0 Å². The van der Waals surface area contributed by atoms with Crippen LogP contribution in [-0.2, 0) is 4.79 Å². The Hall–Kier alpha value is -2.84. The molecule has 152 valence electrons. The van der Waals surface area contributed by atoms with Crippen LogP contribution in [0.2, 0.25) is 0 Å². The third-order valence-electron chi connectivity index (χ3n) is 4.49. The number of carbonyl (C=O) groups excluding carboxylic acids is 1. The molecule has 1 unspecified atom stereocenters. The monoisotopic (exact) mass is 411 g/mol. The molecule has 0 aliphatic carbocycles. The molecule has 0 aliphatic rings. The summed E-state index contributed by atoms with van der Waals surface area (Å²) in [5.41, 5.74) is 2.00. The average molecular weight is 412 g/mol. The third-order valence-corrected chi connectivity index (χ3v) is 5.44. The van der Waals surface area contributed by atoms with Crippen molar-refractivity contribution in [3.8, 4) is 11.4 Å². The number of hydrogen-bond donors (Lipinski definition) is 1. The van der Waals surface area contributed by atoms with E-state index in [1.54, 1.807) is 13.4 Å². The van der Waals surface area contributed by atoms with Gasteiger partial charge in [0.1, 0.15) is 12.1 Å². The van der Waals surface area contributed by atoms with E-state index in [1.807, 2.05) is 61.1 Å². The summed E-state index contributed by atoms with van der Waals surface area (Å²) in [4.78, 5) is 14.5. The van der Waals surface area contributed by atoms with Crippen LogP contribution in [0.3, 0.4) is 0 Å². The molecule has 2 aromatic carbocycles. The quantitative estimate of drug-likeness (QED) is 0.546. The molecule has 1 heterocycles. The van der Waals surface area contributed by atoms with Gasteiger partial charge in [0.05, 0.1) is 24.6 Å². The Kier molecular flexibility index (Phi) is 7.26. The van der Waals surface area contributed by atoms with Gasteiger partial charge < -0.3 is 15.0 Å². The lowest BCUT2D eigenvalue weighted by Crippen LogP contribution is -2.35. The standard InChI is InChI=1S/C21H25N5O2S/c1-25(2)18(16-9-5-4-6-10-16)13-22-20(27)14-29-21-24-23-15-26(21)17-11-7-8-12-19(17)28-3/h4-12,15,18H,13-14H2,1-3H3,(H,22,27). The molecule has 8 heteroatoms. The molecular weight excluding hydrogens is 386 g/mol. The second-order valence-electron chi connectivity index (χ2n) is 6.64. The van der Waals surface area contributed by atoms with Crippen molar-refractivity contribution in [1.82, 2.24) is 25.0 Å². The smallest absolute Gasteiger partial charge is 0.230 e. The fourth-order valence-corrected chi connectivity index (χ4v) is 3.73. The van der Waals surface area contributed by atoms with Crippen LogP contribution < -0.4 is 10.1 Å². The fourth-order valence-electron chi connectivity index (χ4n) is 2.98. The normalized spacial score (nSPS) is 12.0. The Morgan fingerprint density at radius 2 is 1.90 bits per heavy atom. The maximum absolute atomic E-state index is 12.4. The number of aromatic nitrogens is 3. The SMILES string of the molecule is COc1ccccc1-n1cnnc1SCC(=O)NCC(c1ccccc1)N(C)C. The minimum Gasteiger partial charge on any atom is -0.495 e. The first-order valence-corrected chi connectivity index (χ1v) is 10.2. The van der Waals surface area contributed by atoms with Gasteiger partial charge in [-0.2, -0.15) is 0 Å². The lowest BCUT2D eigenvalue weighted by molar-refractivity contribution is -0.118. The Morgan fingerprint density at radius 3 is 2.62 bits per heavy atom. The molecule has 1 atom stereocenters. The number of methoxy groups -OCH3 is 1. The number of nitrogens with zero attached hydrogens (tertiary/aromatic N) is 4. The number of rotatable bonds is 9. The Bertz CT molecular complexity index is 930. The molecule has 0 fully saturated rings. The number of hydrogen-bond acceptors (Lipinski definition) is 6. The average Bonchev–Trinajstić information content (AvgIpc) is 3.21. The van der Waals surface area contributed by atoms with Gasteiger partial charge in [0, 0.05) is 6.54 Å². The van der Waals surface area contributed by atoms with Gasteiger partial charge in [-0.05, 0) is 31.8 Å². The highest BCUT2D eigenvalue weighted by Gasteiger charge is 2.16. The number of amides is 1. The zero-order valence-corrected chi connectivity index (χ0v) is 17.6. The first-order valence-electron chi connectivity index (χ1n) is 9.24. The van der Waals surface area contributed by atoms with Crippen LogP contribution in [0.5, 0.6) is 5.75 Å². The van der Waals surface area contributed by atoms with Crippen molar-refractivity contribution in [3.05, 3.63) is 66.5 Å². The lowest BCUT2D eigenvalue weighted by Gasteiger charge is -2.25. The van der Waals surface area contributed by atoms with Gasteiger partial charge >= 0.3 is 0 Å². The van der Waals surface area contributed by atoms with Crippen LogP contribution in [-0.4, -0.2) is 59.1 Å². The van der Waals surface area contributed by atoms with Crippen LogP contribution in [0, 0.1) is 0 Å². The molecule has 0 saturated heterocycles. The number of ether oxygens (including phenoxy) is 1. The predicted octanol–water partition coefficient (Wildman–Crippen LogP) is 2.79. The van der Waals surface area contributed by atoms with E-state index >= 15 is 0 Å². The third kappa shape index (κ3) is 5.36. The highest BCUT2D eigenvalue weighted by Crippen LogP contribution is 2.26. The summed E-state index contributed by atoms with van der Waals surface area (Å²) in [7, 11) is 5.64. The van der Waals surface area contributed by atoms with E-state index in [9.17, 15) is 4.79 Å². The highest BCUT2D eigenvalue weighted by atomic mass is 32.2. The molecule has 29 heavy (non-hydrogen) atoms. The molecule has 1 amide bonds. The number of benzene rings is 2. The van der Waals surface area contributed by atoms with Crippen LogP contribution in [0.15, 0.2) is 66.1 Å². The maximum atomic E-state index is 12.4. The van der Waals surface area contributed by atoms with Gasteiger partial charge in [0.25, 0.3) is 0 Å². The Labute approximate surface area is 175 Å². The highest BCUT2D eigenvalue weighted by molar-refractivity contribution is 7.99. The topological polar surface area (TPSA) is 72.3 Å². The number of nitrogens with one attached hydrogen (secondary N) is 1. The predicted molar refractivity (Wildman–Crippen MR) is 115 cm³/mol. The van der Waals surface area contributed by atoms with Crippen molar-refractivity contribution in [2.75, 3.05) is 33.5 Å². The number of para-hydroxylation sites is 2. The van der Waals surface area contributed by atoms with Gasteiger partial charge in [-0.15, -0.1) is 10.2 Å². The lowest BCUT2D eigenvalue weighted by atomic mass is 10.1. The van der Waals surface area contributed by atoms with E-state index in [-0.39, 0.29) is 17.7 Å². The minimum atomic E-state index is -0.0487. The van der Waals surface area contributed by atoms with E-state index in [0.29, 0.717) is 11.7 Å². The molecule has 0 spiro atoms. The van der Waals surface area contributed by atoms with E-state index in [4.69, 9.17) is 4.74 Å². The van der Waals surface area contributed by atoms with Crippen LogP contribution in [0.4, 0.5) is 0 Å². The van der Waals surface area contributed by atoms with E-state index in [1.165, 1.54) is 17.3 Å². The molecule has 0 radical (unpaired) electrons. The number of carbonyl (C=O) groups is 1. The zero-order chi connectivity index (χ0) is 20.6. The molecule has 3 aromatic rings. The van der Waals surface area contributed by atoms with Gasteiger partial charge in [0.15, 0.2) is 5.16 Å². The summed E-state index contributed by atoms with van der Waals surface area (Å²) in [6.07, 6.45) is 1.62. The first kappa shape index (κ1) is 20.9. The van der Waals surface area contributed by atoms with Crippen LogP contribution in [0.1, 0.15) is 11.6 Å². The van der Waals surface area contributed by atoms with Crippen molar-refractivity contribution in [3.63, 3.8) is 0 Å². The minimum absolute atomic E-state index is 0.0487. The molecular formula is C21H25N5O2S.